The van der Waals surface area contributed by atoms with Crippen LogP contribution in [0.3, 0.4) is 0 Å². The minimum atomic E-state index is -1.61. The van der Waals surface area contributed by atoms with Crippen LogP contribution in [0.25, 0.3) is 0 Å². The maximum Gasteiger partial charge on any atom is 0.0779 e. The Hall–Kier alpha value is -0.346. The van der Waals surface area contributed by atoms with Crippen LogP contribution < -0.4 is 10.4 Å². The molecule has 0 saturated carbocycles. The minimum Gasteiger partial charge on any atom is -0.0656 e. The zero-order valence-corrected chi connectivity index (χ0v) is 16.5. The van der Waals surface area contributed by atoms with E-state index in [0.717, 1.165) is 5.56 Å². The topological polar surface area (TPSA) is 0 Å². The molecule has 108 valence electrons. The average molecular weight is 295 g/mol. The van der Waals surface area contributed by atoms with Crippen LogP contribution in [0, 0.1) is 6.92 Å². The predicted molar refractivity (Wildman–Crippen MR) is 95.8 cm³/mol. The fourth-order valence-corrected chi connectivity index (χ4v) is 6.09. The maximum absolute atomic E-state index is 8.77. The highest BCUT2D eigenvalue weighted by Crippen LogP contribution is 2.23. The summed E-state index contributed by atoms with van der Waals surface area (Å²) in [4.78, 5) is 0. The molecule has 0 fully saturated rings. The zero-order valence-electron chi connectivity index (χ0n) is 16.5. The van der Waals surface area contributed by atoms with Crippen molar-refractivity contribution in [3.05, 3.63) is 23.2 Å². The number of rotatable bonds is 2. The van der Waals surface area contributed by atoms with Crippen molar-refractivity contribution >= 4 is 26.5 Å². The lowest BCUT2D eigenvalue weighted by molar-refractivity contribution is 0.591. The highest BCUT2D eigenvalue weighted by atomic mass is 28.3. The zero-order chi connectivity index (χ0) is 17.0. The van der Waals surface area contributed by atoms with Crippen LogP contribution in [0.1, 0.15) is 34.6 Å². The van der Waals surface area contributed by atoms with E-state index in [-0.39, 0.29) is 5.41 Å². The second kappa shape index (κ2) is 4.89. The standard InChI is InChI=1S/C17H32Si2/c1-13-15(18(5,6)7)11-14(17(2,3)4)12-16(13)19(8,9)10/h11-12H,1-10H3/i11D,12D. The van der Waals surface area contributed by atoms with Crippen molar-refractivity contribution in [3.8, 4) is 0 Å². The van der Waals surface area contributed by atoms with Gasteiger partial charge in [0.05, 0.1) is 18.9 Å². The van der Waals surface area contributed by atoms with E-state index in [9.17, 15) is 0 Å². The van der Waals surface area contributed by atoms with Crippen LogP contribution >= 0.6 is 0 Å². The second-order valence-corrected chi connectivity index (χ2v) is 18.8. The van der Waals surface area contributed by atoms with Crippen molar-refractivity contribution in [1.29, 1.82) is 0 Å². The number of hydrogen-bond acceptors (Lipinski definition) is 0. The summed E-state index contributed by atoms with van der Waals surface area (Å²) >= 11 is 0. The van der Waals surface area contributed by atoms with Crippen molar-refractivity contribution in [3.63, 3.8) is 0 Å². The summed E-state index contributed by atoms with van der Waals surface area (Å²) in [6.07, 6.45) is 0. The largest absolute Gasteiger partial charge is 0.0779 e. The van der Waals surface area contributed by atoms with E-state index in [4.69, 9.17) is 2.74 Å². The molecule has 0 aliphatic heterocycles. The molecule has 0 aromatic heterocycles. The maximum atomic E-state index is 8.77. The van der Waals surface area contributed by atoms with Crippen LogP contribution in [0.5, 0.6) is 0 Å². The predicted octanol–water partition coefficient (Wildman–Crippen LogP) is 4.38. The Bertz CT molecular complexity index is 454. The Morgan fingerprint density at radius 3 is 1.37 bits per heavy atom. The summed E-state index contributed by atoms with van der Waals surface area (Å²) in [5.41, 5.74) is 2.05. The second-order valence-electron chi connectivity index (χ2n) is 8.75. The van der Waals surface area contributed by atoms with Crippen molar-refractivity contribution in [1.82, 2.24) is 0 Å². The molecule has 0 N–H and O–H groups in total. The minimum absolute atomic E-state index is 0.148. The molecule has 0 aliphatic carbocycles. The normalized spacial score (nSPS) is 15.3. The quantitative estimate of drug-likeness (QED) is 0.710. The highest BCUT2D eigenvalue weighted by Gasteiger charge is 2.28. The first kappa shape index (κ1) is 13.6. The molecule has 0 unspecified atom stereocenters. The third-order valence-corrected chi connectivity index (χ3v) is 7.50. The molecule has 0 atom stereocenters. The van der Waals surface area contributed by atoms with Gasteiger partial charge >= 0.3 is 0 Å². The molecule has 1 rings (SSSR count). The fourth-order valence-electron chi connectivity index (χ4n) is 2.47. The average Bonchev–Trinajstić information content (AvgIpc) is 2.07. The summed E-state index contributed by atoms with van der Waals surface area (Å²) in [7, 11) is -3.23. The SMILES string of the molecule is [2H]c1c(C(C)(C)C)c([2H])c([Si](C)(C)C)c(C)c1[Si](C)(C)C. The van der Waals surface area contributed by atoms with Gasteiger partial charge in [-0.25, -0.2) is 0 Å². The summed E-state index contributed by atoms with van der Waals surface area (Å²) in [5, 5.41) is 2.53. The first-order chi connectivity index (χ1) is 9.10. The van der Waals surface area contributed by atoms with Crippen molar-refractivity contribution in [2.24, 2.45) is 0 Å². The monoisotopic (exact) mass is 294 g/mol. The van der Waals surface area contributed by atoms with E-state index in [1.54, 1.807) is 0 Å². The van der Waals surface area contributed by atoms with E-state index >= 15 is 0 Å². The number of hydrogen-bond donors (Lipinski definition) is 0. The lowest BCUT2D eigenvalue weighted by Gasteiger charge is -2.31. The first-order valence-electron chi connectivity index (χ1n) is 8.25. The third kappa shape index (κ3) is 3.82. The molecule has 2 heteroatoms. The molecular formula is C17H32Si2. The molecule has 0 aliphatic rings. The lowest BCUT2D eigenvalue weighted by Crippen LogP contribution is -2.49. The molecule has 0 heterocycles. The summed E-state index contributed by atoms with van der Waals surface area (Å²) in [6.45, 7) is 22.5. The molecule has 0 saturated heterocycles. The van der Waals surface area contributed by atoms with Crippen LogP contribution in [0.15, 0.2) is 12.1 Å². The molecule has 0 radical (unpaired) electrons. The fraction of sp³-hybridized carbons (Fsp3) is 0.647. The van der Waals surface area contributed by atoms with Gasteiger partial charge in [-0.3, -0.25) is 0 Å². The molecule has 1 aromatic rings. The van der Waals surface area contributed by atoms with Gasteiger partial charge in [0.25, 0.3) is 0 Å². The Labute approximate surface area is 125 Å². The van der Waals surface area contributed by atoms with Crippen molar-refractivity contribution < 1.29 is 2.74 Å². The Morgan fingerprint density at radius 2 is 1.16 bits per heavy atom. The van der Waals surface area contributed by atoms with E-state index in [1.165, 1.54) is 15.9 Å². The van der Waals surface area contributed by atoms with E-state index in [1.807, 2.05) is 0 Å². The van der Waals surface area contributed by atoms with Gasteiger partial charge in [-0.2, -0.15) is 0 Å². The Kier molecular flexibility index (Phi) is 3.51. The molecular weight excluding hydrogens is 260 g/mol. The molecule has 0 nitrogen and oxygen atoms in total. The van der Waals surface area contributed by atoms with E-state index in [2.05, 4.69) is 67.0 Å². The molecule has 19 heavy (non-hydrogen) atoms. The van der Waals surface area contributed by atoms with Gasteiger partial charge in [0.1, 0.15) is 0 Å². The van der Waals surface area contributed by atoms with Gasteiger partial charge in [0.2, 0.25) is 0 Å². The van der Waals surface area contributed by atoms with Gasteiger partial charge < -0.3 is 0 Å². The van der Waals surface area contributed by atoms with Gasteiger partial charge in [-0.1, -0.05) is 88.1 Å². The highest BCUT2D eigenvalue weighted by molar-refractivity contribution is 6.92. The summed E-state index contributed by atoms with van der Waals surface area (Å²) in [6, 6.07) is 1.29. The van der Waals surface area contributed by atoms with Gasteiger partial charge in [0, 0.05) is 0 Å². The summed E-state index contributed by atoms with van der Waals surface area (Å²) < 4.78 is 17.5. The van der Waals surface area contributed by atoms with Gasteiger partial charge in [0.15, 0.2) is 0 Å². The molecule has 0 bridgehead atoms. The van der Waals surface area contributed by atoms with E-state index < -0.39 is 16.1 Å². The Morgan fingerprint density at radius 1 is 0.842 bits per heavy atom. The summed E-state index contributed by atoms with van der Waals surface area (Å²) in [5.74, 6) is 0. The first-order valence-corrected chi connectivity index (χ1v) is 14.2. The van der Waals surface area contributed by atoms with Crippen LogP contribution in [-0.2, 0) is 5.41 Å². The molecule has 1 aromatic carbocycles. The van der Waals surface area contributed by atoms with Crippen LogP contribution in [0.4, 0.5) is 0 Å². The van der Waals surface area contributed by atoms with Crippen molar-refractivity contribution in [2.45, 2.75) is 72.4 Å². The lowest BCUT2D eigenvalue weighted by atomic mass is 9.86. The van der Waals surface area contributed by atoms with Crippen LogP contribution in [-0.4, -0.2) is 16.1 Å². The number of benzene rings is 1. The Balaban J connectivity index is 4.04. The van der Waals surface area contributed by atoms with Crippen LogP contribution in [0.2, 0.25) is 39.3 Å². The van der Waals surface area contributed by atoms with Gasteiger partial charge in [-0.05, 0) is 17.9 Å². The third-order valence-electron chi connectivity index (χ3n) is 3.50. The molecule has 0 spiro atoms. The van der Waals surface area contributed by atoms with Gasteiger partial charge in [-0.15, -0.1) is 0 Å². The van der Waals surface area contributed by atoms with Crippen molar-refractivity contribution in [2.75, 3.05) is 0 Å². The smallest absolute Gasteiger partial charge is 0.0656 e. The molecule has 0 amide bonds. The van der Waals surface area contributed by atoms with E-state index in [0.29, 0.717) is 12.1 Å².